The molecule has 0 radical (unpaired) electrons. The van der Waals surface area contributed by atoms with Crippen molar-refractivity contribution in [2.75, 3.05) is 32.9 Å². The van der Waals surface area contributed by atoms with Crippen LogP contribution < -0.4 is 4.72 Å². The lowest BCUT2D eigenvalue weighted by Gasteiger charge is -2.16. The van der Waals surface area contributed by atoms with Gasteiger partial charge in [0.25, 0.3) is 0 Å². The lowest BCUT2D eigenvalue weighted by molar-refractivity contribution is 0.0474. The minimum atomic E-state index is -3.98. The molecule has 0 saturated heterocycles. The number of benzene rings is 2. The van der Waals surface area contributed by atoms with E-state index in [0.717, 1.165) is 18.1 Å². The molecule has 0 amide bonds. The highest BCUT2D eigenvalue weighted by atomic mass is 32.2. The van der Waals surface area contributed by atoms with Gasteiger partial charge in [-0.05, 0) is 30.7 Å². The van der Waals surface area contributed by atoms with Crippen LogP contribution in [0.15, 0.2) is 48.5 Å². The number of rotatable bonds is 8. The Bertz CT molecular complexity index is 1400. The number of nitrogens with one attached hydrogen (secondary N) is 1. The van der Waals surface area contributed by atoms with Gasteiger partial charge < -0.3 is 4.74 Å². The third-order valence-corrected chi connectivity index (χ3v) is 8.30. The second-order valence-electron chi connectivity index (χ2n) is 7.70. The van der Waals surface area contributed by atoms with Gasteiger partial charge in [-0.3, -0.25) is 4.72 Å². The van der Waals surface area contributed by atoms with Gasteiger partial charge in [0, 0.05) is 39.3 Å². The van der Waals surface area contributed by atoms with Crippen LogP contribution in [0.4, 0.5) is 5.69 Å². The van der Waals surface area contributed by atoms with Crippen LogP contribution in [-0.4, -0.2) is 63.6 Å². The largest absolute Gasteiger partial charge is 0.457 e. The Morgan fingerprint density at radius 2 is 1.61 bits per heavy atom. The fourth-order valence-electron chi connectivity index (χ4n) is 3.21. The van der Waals surface area contributed by atoms with Crippen molar-refractivity contribution in [2.45, 2.75) is 13.5 Å². The molecule has 3 aromatic rings. The Morgan fingerprint density at radius 1 is 0.970 bits per heavy atom. The van der Waals surface area contributed by atoms with Crippen LogP contribution in [0.25, 0.3) is 10.9 Å². The minimum Gasteiger partial charge on any atom is -0.457 e. The first kappa shape index (κ1) is 24.7. The predicted molar refractivity (Wildman–Crippen MR) is 126 cm³/mol. The minimum absolute atomic E-state index is 0.000827. The van der Waals surface area contributed by atoms with Crippen molar-refractivity contribution in [1.82, 2.24) is 12.6 Å². The number of aromatic nitrogens is 1. The van der Waals surface area contributed by atoms with E-state index in [1.54, 1.807) is 12.1 Å². The normalized spacial score (nSPS) is 12.5. The van der Waals surface area contributed by atoms with Gasteiger partial charge in [-0.2, -0.15) is 25.4 Å². The van der Waals surface area contributed by atoms with Crippen molar-refractivity contribution >= 4 is 43.0 Å². The van der Waals surface area contributed by atoms with E-state index in [4.69, 9.17) is 4.74 Å². The SMILES string of the molecule is Cc1c(C(=O)OCc2ccccc2)c2cc(NS(=O)(=O)N(C)C)ccc2n1S(=O)(=O)N(C)C. The lowest BCUT2D eigenvalue weighted by Crippen LogP contribution is -2.29. The molecule has 0 aliphatic heterocycles. The molecule has 0 spiro atoms. The summed E-state index contributed by atoms with van der Waals surface area (Å²) in [7, 11) is -2.28. The van der Waals surface area contributed by atoms with E-state index < -0.39 is 26.4 Å². The molecule has 1 heterocycles. The van der Waals surface area contributed by atoms with E-state index in [1.807, 2.05) is 18.2 Å². The van der Waals surface area contributed by atoms with Crippen molar-refractivity contribution in [3.8, 4) is 0 Å². The molecule has 0 aliphatic rings. The summed E-state index contributed by atoms with van der Waals surface area (Å²) in [6.07, 6.45) is 0. The molecule has 0 atom stereocenters. The van der Waals surface area contributed by atoms with Crippen LogP contribution in [0.2, 0.25) is 0 Å². The summed E-state index contributed by atoms with van der Waals surface area (Å²) in [5.74, 6) is -0.721. The van der Waals surface area contributed by atoms with Crippen molar-refractivity contribution in [2.24, 2.45) is 0 Å². The van der Waals surface area contributed by atoms with Crippen molar-refractivity contribution in [1.29, 1.82) is 0 Å². The summed E-state index contributed by atoms with van der Waals surface area (Å²) in [4.78, 5) is 13.1. The number of ether oxygens (including phenoxy) is 1. The van der Waals surface area contributed by atoms with E-state index >= 15 is 0 Å². The summed E-state index contributed by atoms with van der Waals surface area (Å²) in [6.45, 7) is 1.50. The highest BCUT2D eigenvalue weighted by molar-refractivity contribution is 7.90. The summed E-state index contributed by atoms with van der Waals surface area (Å²) in [5.41, 5.74) is 1.36. The first-order valence-corrected chi connectivity index (χ1v) is 12.7. The molecular weight excluding hydrogens is 468 g/mol. The fraction of sp³-hybridized carbons (Fsp3) is 0.286. The van der Waals surface area contributed by atoms with E-state index in [0.29, 0.717) is 0 Å². The topological polar surface area (TPSA) is 118 Å². The molecule has 0 fully saturated rings. The second kappa shape index (κ2) is 9.14. The van der Waals surface area contributed by atoms with E-state index in [2.05, 4.69) is 4.72 Å². The van der Waals surface area contributed by atoms with Crippen molar-refractivity contribution in [3.05, 3.63) is 65.4 Å². The smallest absolute Gasteiger partial charge is 0.340 e. The summed E-state index contributed by atoms with van der Waals surface area (Å²) >= 11 is 0. The standard InChI is InChI=1S/C21H26N4O6S2/c1-15-20(21(26)31-14-16-9-7-6-8-10-16)18-13-17(22-32(27,28)23(2)3)11-12-19(18)25(15)33(29,30)24(4)5/h6-13,22H,14H2,1-5H3. The number of anilines is 1. The van der Waals surface area contributed by atoms with E-state index in [1.165, 1.54) is 53.3 Å². The van der Waals surface area contributed by atoms with Crippen LogP contribution in [0.3, 0.4) is 0 Å². The second-order valence-corrected chi connectivity index (χ2v) is 11.6. The highest BCUT2D eigenvalue weighted by Crippen LogP contribution is 2.31. The molecule has 0 aliphatic carbocycles. The zero-order valence-electron chi connectivity index (χ0n) is 18.9. The maximum Gasteiger partial charge on any atom is 0.340 e. The molecule has 12 heteroatoms. The zero-order chi connectivity index (χ0) is 24.6. The van der Waals surface area contributed by atoms with Gasteiger partial charge in [0.05, 0.1) is 16.8 Å². The number of carbonyl (C=O) groups excluding carboxylic acids is 1. The summed E-state index contributed by atoms with van der Waals surface area (Å²) in [6, 6.07) is 13.4. The van der Waals surface area contributed by atoms with Gasteiger partial charge >= 0.3 is 26.4 Å². The van der Waals surface area contributed by atoms with Crippen LogP contribution in [-0.2, 0) is 31.8 Å². The Balaban J connectivity index is 2.15. The van der Waals surface area contributed by atoms with Crippen molar-refractivity contribution < 1.29 is 26.4 Å². The number of esters is 1. The van der Waals surface area contributed by atoms with E-state index in [9.17, 15) is 21.6 Å². The molecule has 0 saturated carbocycles. The Hall–Kier alpha value is -2.93. The van der Waals surface area contributed by atoms with Crippen LogP contribution in [0.5, 0.6) is 0 Å². The maximum atomic E-state index is 13.1. The quantitative estimate of drug-likeness (QED) is 0.480. The highest BCUT2D eigenvalue weighted by Gasteiger charge is 2.29. The van der Waals surface area contributed by atoms with Gasteiger partial charge in [-0.1, -0.05) is 30.3 Å². The molecule has 1 N–H and O–H groups in total. The monoisotopic (exact) mass is 494 g/mol. The van der Waals surface area contributed by atoms with Crippen LogP contribution >= 0.6 is 0 Å². The third kappa shape index (κ3) is 4.88. The first-order valence-electron chi connectivity index (χ1n) is 9.85. The first-order chi connectivity index (χ1) is 15.4. The number of hydrogen-bond acceptors (Lipinski definition) is 6. The molecule has 0 bridgehead atoms. The molecule has 3 rings (SSSR count). The van der Waals surface area contributed by atoms with E-state index in [-0.39, 0.29) is 34.5 Å². The Kier molecular flexibility index (Phi) is 6.84. The number of fused-ring (bicyclic) bond motifs is 1. The Labute approximate surface area is 193 Å². The fourth-order valence-corrected chi connectivity index (χ4v) is 4.99. The number of nitrogens with zero attached hydrogens (tertiary/aromatic N) is 3. The van der Waals surface area contributed by atoms with Crippen LogP contribution in [0, 0.1) is 6.92 Å². The number of carbonyl (C=O) groups is 1. The number of hydrogen-bond donors (Lipinski definition) is 1. The molecule has 1 aromatic heterocycles. The van der Waals surface area contributed by atoms with Gasteiger partial charge in [-0.25, -0.2) is 8.77 Å². The zero-order valence-corrected chi connectivity index (χ0v) is 20.6. The van der Waals surface area contributed by atoms with Crippen molar-refractivity contribution in [3.63, 3.8) is 0 Å². The average molecular weight is 495 g/mol. The van der Waals surface area contributed by atoms with Gasteiger partial charge in [-0.15, -0.1) is 0 Å². The molecular formula is C21H26N4O6S2. The predicted octanol–water partition coefficient (Wildman–Crippen LogP) is 2.18. The Morgan fingerprint density at radius 3 is 2.18 bits per heavy atom. The molecule has 178 valence electrons. The summed E-state index contributed by atoms with van der Waals surface area (Å²) in [5, 5.41) is 0.245. The van der Waals surface area contributed by atoms with Gasteiger partial charge in [0.15, 0.2) is 0 Å². The molecule has 33 heavy (non-hydrogen) atoms. The van der Waals surface area contributed by atoms with Gasteiger partial charge in [0.2, 0.25) is 0 Å². The lowest BCUT2D eigenvalue weighted by atomic mass is 10.1. The third-order valence-electron chi connectivity index (χ3n) is 4.99. The van der Waals surface area contributed by atoms with Gasteiger partial charge in [0.1, 0.15) is 6.61 Å². The van der Waals surface area contributed by atoms with Crippen LogP contribution in [0.1, 0.15) is 21.6 Å². The maximum absolute atomic E-state index is 13.1. The molecule has 10 nitrogen and oxygen atoms in total. The molecule has 2 aromatic carbocycles. The average Bonchev–Trinajstić information content (AvgIpc) is 3.04. The molecule has 0 unspecified atom stereocenters. The summed E-state index contributed by atoms with van der Waals surface area (Å²) < 4.78 is 61.4.